The highest BCUT2D eigenvalue weighted by atomic mass is 16.5. The third kappa shape index (κ3) is 3.08. The molecule has 108 valence electrons. The van der Waals surface area contributed by atoms with E-state index in [0.717, 1.165) is 12.8 Å². The maximum absolute atomic E-state index is 12.4. The van der Waals surface area contributed by atoms with E-state index in [4.69, 9.17) is 4.74 Å². The standard InChI is InChI=1S/C14H23NO4/c1-13(2)10-15(7-8-19-13)11(16)9-14(12(17)18)5-3-4-6-14/h3-10H2,1-2H3,(H,17,18). The number of hydrogen-bond donors (Lipinski definition) is 1. The Labute approximate surface area is 113 Å². The monoisotopic (exact) mass is 269 g/mol. The molecule has 0 aromatic rings. The molecule has 0 atom stereocenters. The molecule has 0 radical (unpaired) electrons. The Balaban J connectivity index is 2.02. The number of carbonyl (C=O) groups excluding carboxylic acids is 1. The van der Waals surface area contributed by atoms with Gasteiger partial charge in [0.2, 0.25) is 5.91 Å². The first-order chi connectivity index (χ1) is 8.85. The Kier molecular flexibility index (Phi) is 3.85. The second-order valence-electron chi connectivity index (χ2n) is 6.39. The van der Waals surface area contributed by atoms with Gasteiger partial charge in [0.1, 0.15) is 0 Å². The van der Waals surface area contributed by atoms with E-state index in [1.165, 1.54) is 0 Å². The van der Waals surface area contributed by atoms with Gasteiger partial charge in [0.05, 0.1) is 17.6 Å². The van der Waals surface area contributed by atoms with Crippen LogP contribution >= 0.6 is 0 Å². The van der Waals surface area contributed by atoms with Gasteiger partial charge in [-0.1, -0.05) is 12.8 Å². The molecule has 1 heterocycles. The molecule has 1 aliphatic carbocycles. The molecule has 1 amide bonds. The van der Waals surface area contributed by atoms with Crippen molar-refractivity contribution >= 4 is 11.9 Å². The van der Waals surface area contributed by atoms with Crippen LogP contribution in [0.4, 0.5) is 0 Å². The van der Waals surface area contributed by atoms with Crippen LogP contribution < -0.4 is 0 Å². The van der Waals surface area contributed by atoms with Gasteiger partial charge in [-0.05, 0) is 26.7 Å². The molecular weight excluding hydrogens is 246 g/mol. The van der Waals surface area contributed by atoms with E-state index in [0.29, 0.717) is 32.5 Å². The van der Waals surface area contributed by atoms with Crippen molar-refractivity contribution in [2.24, 2.45) is 5.41 Å². The van der Waals surface area contributed by atoms with Gasteiger partial charge in [0, 0.05) is 19.5 Å². The summed E-state index contributed by atoms with van der Waals surface area (Å²) in [5, 5.41) is 9.42. The first kappa shape index (κ1) is 14.3. The van der Waals surface area contributed by atoms with Gasteiger partial charge in [0.15, 0.2) is 0 Å². The normalized spacial score (nSPS) is 25.3. The van der Waals surface area contributed by atoms with Crippen molar-refractivity contribution in [3.8, 4) is 0 Å². The molecule has 0 spiro atoms. The van der Waals surface area contributed by atoms with Crippen LogP contribution in [-0.2, 0) is 14.3 Å². The summed E-state index contributed by atoms with van der Waals surface area (Å²) >= 11 is 0. The minimum atomic E-state index is -0.820. The van der Waals surface area contributed by atoms with Crippen LogP contribution in [0.5, 0.6) is 0 Å². The molecule has 0 aromatic carbocycles. The molecule has 1 aliphatic heterocycles. The average molecular weight is 269 g/mol. The summed E-state index contributed by atoms with van der Waals surface area (Å²) in [7, 11) is 0. The summed E-state index contributed by atoms with van der Waals surface area (Å²) in [6, 6.07) is 0. The maximum Gasteiger partial charge on any atom is 0.310 e. The smallest absolute Gasteiger partial charge is 0.310 e. The third-order valence-electron chi connectivity index (χ3n) is 4.28. The molecule has 1 saturated carbocycles. The second kappa shape index (κ2) is 5.12. The van der Waals surface area contributed by atoms with Crippen molar-refractivity contribution in [1.29, 1.82) is 0 Å². The number of ether oxygens (including phenoxy) is 1. The zero-order valence-electron chi connectivity index (χ0n) is 11.8. The fourth-order valence-corrected chi connectivity index (χ4v) is 3.15. The number of carbonyl (C=O) groups is 2. The minimum absolute atomic E-state index is 0.0410. The lowest BCUT2D eigenvalue weighted by atomic mass is 9.82. The van der Waals surface area contributed by atoms with E-state index in [-0.39, 0.29) is 17.9 Å². The van der Waals surface area contributed by atoms with Crippen molar-refractivity contribution in [3.05, 3.63) is 0 Å². The van der Waals surface area contributed by atoms with Crippen LogP contribution in [0.3, 0.4) is 0 Å². The van der Waals surface area contributed by atoms with Crippen LogP contribution in [0.25, 0.3) is 0 Å². The topological polar surface area (TPSA) is 66.8 Å². The second-order valence-corrected chi connectivity index (χ2v) is 6.39. The molecule has 19 heavy (non-hydrogen) atoms. The van der Waals surface area contributed by atoms with E-state index in [9.17, 15) is 14.7 Å². The van der Waals surface area contributed by atoms with Crippen LogP contribution in [0.1, 0.15) is 46.0 Å². The van der Waals surface area contributed by atoms with Crippen molar-refractivity contribution in [1.82, 2.24) is 4.90 Å². The SMILES string of the molecule is CC1(C)CN(C(=O)CC2(C(=O)O)CCCC2)CCO1. The average Bonchev–Trinajstić information content (AvgIpc) is 2.77. The Morgan fingerprint density at radius 3 is 2.42 bits per heavy atom. The molecule has 2 fully saturated rings. The number of rotatable bonds is 3. The third-order valence-corrected chi connectivity index (χ3v) is 4.28. The van der Waals surface area contributed by atoms with Crippen molar-refractivity contribution in [2.75, 3.05) is 19.7 Å². The fraction of sp³-hybridized carbons (Fsp3) is 0.857. The summed E-state index contributed by atoms with van der Waals surface area (Å²) in [6.07, 6.45) is 3.21. The molecule has 5 heteroatoms. The number of hydrogen-bond acceptors (Lipinski definition) is 3. The zero-order valence-corrected chi connectivity index (χ0v) is 11.8. The first-order valence-corrected chi connectivity index (χ1v) is 7.00. The van der Waals surface area contributed by atoms with Gasteiger partial charge in [0.25, 0.3) is 0 Å². The molecule has 0 bridgehead atoms. The minimum Gasteiger partial charge on any atom is -0.481 e. The number of nitrogens with zero attached hydrogens (tertiary/aromatic N) is 1. The van der Waals surface area contributed by atoms with E-state index in [1.54, 1.807) is 4.90 Å². The highest BCUT2D eigenvalue weighted by molar-refractivity contribution is 5.85. The molecule has 1 saturated heterocycles. The summed E-state index contributed by atoms with van der Waals surface area (Å²) in [6.45, 7) is 5.54. The van der Waals surface area contributed by atoms with Gasteiger partial charge in [-0.25, -0.2) is 0 Å². The molecule has 2 aliphatic rings. The van der Waals surface area contributed by atoms with Crippen molar-refractivity contribution < 1.29 is 19.4 Å². The Hall–Kier alpha value is -1.10. The Bertz CT molecular complexity index is 372. The van der Waals surface area contributed by atoms with E-state index in [1.807, 2.05) is 13.8 Å². The van der Waals surface area contributed by atoms with Gasteiger partial charge in [-0.2, -0.15) is 0 Å². The number of carboxylic acids is 1. The number of aliphatic carboxylic acids is 1. The maximum atomic E-state index is 12.4. The Morgan fingerprint density at radius 2 is 1.89 bits per heavy atom. The lowest BCUT2D eigenvalue weighted by Gasteiger charge is -2.39. The summed E-state index contributed by atoms with van der Waals surface area (Å²) in [5.74, 6) is -0.855. The predicted molar refractivity (Wildman–Crippen MR) is 69.8 cm³/mol. The van der Waals surface area contributed by atoms with Crippen LogP contribution in [0.15, 0.2) is 0 Å². The van der Waals surface area contributed by atoms with Gasteiger partial charge < -0.3 is 14.7 Å². The van der Waals surface area contributed by atoms with E-state index < -0.39 is 11.4 Å². The zero-order chi connectivity index (χ0) is 14.1. The van der Waals surface area contributed by atoms with Crippen LogP contribution in [0, 0.1) is 5.41 Å². The molecule has 1 N–H and O–H groups in total. The van der Waals surface area contributed by atoms with Crippen molar-refractivity contribution in [3.63, 3.8) is 0 Å². The van der Waals surface area contributed by atoms with Crippen molar-refractivity contribution in [2.45, 2.75) is 51.6 Å². The highest BCUT2D eigenvalue weighted by Crippen LogP contribution is 2.42. The largest absolute Gasteiger partial charge is 0.481 e. The predicted octanol–water partition coefficient (Wildman–Crippen LogP) is 1.66. The van der Waals surface area contributed by atoms with Gasteiger partial charge >= 0.3 is 5.97 Å². The van der Waals surface area contributed by atoms with E-state index >= 15 is 0 Å². The molecule has 2 rings (SSSR count). The lowest BCUT2D eigenvalue weighted by Crippen LogP contribution is -2.51. The van der Waals surface area contributed by atoms with Gasteiger partial charge in [-0.3, -0.25) is 9.59 Å². The molecule has 0 unspecified atom stereocenters. The van der Waals surface area contributed by atoms with E-state index in [2.05, 4.69) is 0 Å². The molecular formula is C14H23NO4. The Morgan fingerprint density at radius 1 is 1.26 bits per heavy atom. The number of carboxylic acid groups (broad SMARTS) is 1. The number of morpholine rings is 1. The summed E-state index contributed by atoms with van der Waals surface area (Å²) in [4.78, 5) is 25.6. The lowest BCUT2D eigenvalue weighted by molar-refractivity contribution is -0.157. The summed E-state index contributed by atoms with van der Waals surface area (Å²) < 4.78 is 5.58. The molecule has 0 aromatic heterocycles. The first-order valence-electron chi connectivity index (χ1n) is 7.00. The quantitative estimate of drug-likeness (QED) is 0.846. The summed E-state index contributed by atoms with van der Waals surface area (Å²) in [5.41, 5.74) is -1.15. The van der Waals surface area contributed by atoms with Gasteiger partial charge in [-0.15, -0.1) is 0 Å². The fourth-order valence-electron chi connectivity index (χ4n) is 3.15. The number of amides is 1. The van der Waals surface area contributed by atoms with Crippen LogP contribution in [0.2, 0.25) is 0 Å². The highest BCUT2D eigenvalue weighted by Gasteiger charge is 2.44. The molecule has 5 nitrogen and oxygen atoms in total. The van der Waals surface area contributed by atoms with Crippen LogP contribution in [-0.4, -0.2) is 47.2 Å².